The van der Waals surface area contributed by atoms with Crippen molar-refractivity contribution in [2.24, 2.45) is 0 Å². The molecule has 94 valence electrons. The van der Waals surface area contributed by atoms with Gasteiger partial charge in [0, 0.05) is 11.8 Å². The third-order valence-corrected chi connectivity index (χ3v) is 2.75. The van der Waals surface area contributed by atoms with Gasteiger partial charge in [0.2, 0.25) is 5.88 Å². The lowest BCUT2D eigenvalue weighted by molar-refractivity contribution is 0.387. The molecule has 0 atom stereocenters. The van der Waals surface area contributed by atoms with E-state index in [4.69, 9.17) is 4.74 Å². The van der Waals surface area contributed by atoms with Gasteiger partial charge in [-0.05, 0) is 32.1 Å². The molecule has 2 heterocycles. The summed E-state index contributed by atoms with van der Waals surface area (Å²) in [6.45, 7) is 4.64. The Morgan fingerprint density at radius 2 is 2.22 bits per heavy atom. The Hall–Kier alpha value is -2.10. The molecule has 0 fully saturated rings. The molecule has 2 aromatic rings. The van der Waals surface area contributed by atoms with Crippen LogP contribution in [0.1, 0.15) is 23.9 Å². The first-order valence-corrected chi connectivity index (χ1v) is 5.90. The van der Waals surface area contributed by atoms with E-state index in [-0.39, 0.29) is 0 Å². The first kappa shape index (κ1) is 12.4. The summed E-state index contributed by atoms with van der Waals surface area (Å²) in [5.74, 6) is 0.666. The van der Waals surface area contributed by atoms with E-state index in [1.165, 1.54) is 0 Å². The molecule has 2 aromatic heterocycles. The number of allylic oxidation sites excluding steroid dienone is 1. The molecule has 0 spiro atoms. The van der Waals surface area contributed by atoms with Crippen LogP contribution in [0, 0.1) is 6.92 Å². The predicted octanol–water partition coefficient (Wildman–Crippen LogP) is 2.68. The van der Waals surface area contributed by atoms with Crippen molar-refractivity contribution in [2.75, 3.05) is 7.11 Å². The lowest BCUT2D eigenvalue weighted by Gasteiger charge is -2.03. The Morgan fingerprint density at radius 3 is 2.83 bits per heavy atom. The monoisotopic (exact) mass is 243 g/mol. The molecule has 0 aliphatic rings. The van der Waals surface area contributed by atoms with Gasteiger partial charge in [-0.25, -0.2) is 0 Å². The van der Waals surface area contributed by atoms with Crippen LogP contribution < -0.4 is 4.74 Å². The van der Waals surface area contributed by atoms with Crippen LogP contribution in [0.15, 0.2) is 30.5 Å². The zero-order chi connectivity index (χ0) is 13.0. The zero-order valence-corrected chi connectivity index (χ0v) is 10.9. The molecule has 4 nitrogen and oxygen atoms in total. The van der Waals surface area contributed by atoms with Gasteiger partial charge in [-0.2, -0.15) is 0 Å². The molecule has 0 aliphatic heterocycles. The molecule has 0 saturated carbocycles. The molecule has 0 aliphatic carbocycles. The van der Waals surface area contributed by atoms with Gasteiger partial charge in [0.25, 0.3) is 0 Å². The van der Waals surface area contributed by atoms with Crippen molar-refractivity contribution in [1.82, 2.24) is 14.8 Å². The minimum atomic E-state index is 0.644. The Morgan fingerprint density at radius 1 is 1.39 bits per heavy atom. The summed E-state index contributed by atoms with van der Waals surface area (Å²) in [7, 11) is 1.64. The molecule has 0 aromatic carbocycles. The van der Waals surface area contributed by atoms with E-state index in [0.717, 1.165) is 17.0 Å². The topological polar surface area (TPSA) is 39.9 Å². The number of nitrogens with zero attached hydrogens (tertiary/aromatic N) is 3. The van der Waals surface area contributed by atoms with Gasteiger partial charge >= 0.3 is 0 Å². The summed E-state index contributed by atoms with van der Waals surface area (Å²) in [6.07, 6.45) is 5.82. The minimum absolute atomic E-state index is 0.644. The summed E-state index contributed by atoms with van der Waals surface area (Å²) in [5, 5.41) is 4.45. The Balaban J connectivity index is 2.38. The van der Waals surface area contributed by atoms with Crippen LogP contribution in [0.3, 0.4) is 0 Å². The molecule has 18 heavy (non-hydrogen) atoms. The normalized spacial score (nSPS) is 11.1. The molecule has 0 saturated heterocycles. The van der Waals surface area contributed by atoms with Crippen LogP contribution in [-0.2, 0) is 6.54 Å². The predicted molar refractivity (Wildman–Crippen MR) is 71.6 cm³/mol. The average molecular weight is 243 g/mol. The first-order chi connectivity index (χ1) is 8.76. The van der Waals surface area contributed by atoms with Crippen molar-refractivity contribution in [3.05, 3.63) is 47.4 Å². The first-order valence-electron chi connectivity index (χ1n) is 5.90. The van der Waals surface area contributed by atoms with Crippen molar-refractivity contribution < 1.29 is 4.74 Å². The number of aromatic nitrogens is 3. The zero-order valence-electron chi connectivity index (χ0n) is 10.9. The van der Waals surface area contributed by atoms with Crippen molar-refractivity contribution >= 4 is 6.08 Å². The quantitative estimate of drug-likeness (QED) is 0.828. The van der Waals surface area contributed by atoms with Crippen molar-refractivity contribution in [2.45, 2.75) is 20.4 Å². The third kappa shape index (κ3) is 2.42. The highest BCUT2D eigenvalue weighted by Gasteiger charge is 2.12. The molecular weight excluding hydrogens is 226 g/mol. The van der Waals surface area contributed by atoms with E-state index in [1.54, 1.807) is 13.3 Å². The summed E-state index contributed by atoms with van der Waals surface area (Å²) in [5.41, 5.74) is 3.08. The Labute approximate surface area is 107 Å². The fourth-order valence-electron chi connectivity index (χ4n) is 1.87. The summed E-state index contributed by atoms with van der Waals surface area (Å²) >= 11 is 0. The number of hydrogen-bond acceptors (Lipinski definition) is 3. The van der Waals surface area contributed by atoms with E-state index in [1.807, 2.05) is 48.9 Å². The smallest absolute Gasteiger partial charge is 0.236 e. The van der Waals surface area contributed by atoms with E-state index < -0.39 is 0 Å². The van der Waals surface area contributed by atoms with Crippen LogP contribution in [0.5, 0.6) is 5.88 Å². The highest BCUT2D eigenvalue weighted by molar-refractivity contribution is 5.52. The van der Waals surface area contributed by atoms with Crippen LogP contribution in [0.2, 0.25) is 0 Å². The number of hydrogen-bond donors (Lipinski definition) is 0. The fourth-order valence-corrected chi connectivity index (χ4v) is 1.87. The second-order valence-electron chi connectivity index (χ2n) is 4.00. The van der Waals surface area contributed by atoms with Gasteiger partial charge in [0.1, 0.15) is 0 Å². The molecule has 0 N–H and O–H groups in total. The molecule has 0 amide bonds. The molecular formula is C14H17N3O. The maximum absolute atomic E-state index is 5.26. The largest absolute Gasteiger partial charge is 0.480 e. The summed E-state index contributed by atoms with van der Waals surface area (Å²) in [4.78, 5) is 4.31. The molecule has 4 heteroatoms. The van der Waals surface area contributed by atoms with Gasteiger partial charge in [-0.1, -0.05) is 12.1 Å². The van der Waals surface area contributed by atoms with Crippen molar-refractivity contribution in [1.29, 1.82) is 0 Å². The Bertz CT molecular complexity index is 544. The van der Waals surface area contributed by atoms with E-state index in [9.17, 15) is 0 Å². The standard InChI is InChI=1S/C14H17N3O/c1-4-7-13-11(2)14(18-3)16-17(13)10-12-8-5-6-9-15-12/h4-9H,10H2,1-3H3/b7-4-. The van der Waals surface area contributed by atoms with Crippen LogP contribution in [0.4, 0.5) is 0 Å². The second-order valence-corrected chi connectivity index (χ2v) is 4.00. The van der Waals surface area contributed by atoms with Gasteiger partial charge in [0.15, 0.2) is 0 Å². The highest BCUT2D eigenvalue weighted by Crippen LogP contribution is 2.22. The SMILES string of the molecule is C/C=C\c1c(C)c(OC)nn1Cc1ccccn1. The number of pyridine rings is 1. The maximum atomic E-state index is 5.26. The molecule has 2 rings (SSSR count). The lowest BCUT2D eigenvalue weighted by atomic mass is 10.2. The fraction of sp³-hybridized carbons (Fsp3) is 0.286. The highest BCUT2D eigenvalue weighted by atomic mass is 16.5. The number of rotatable bonds is 4. The van der Waals surface area contributed by atoms with Gasteiger partial charge < -0.3 is 4.74 Å². The second kappa shape index (κ2) is 5.49. The van der Waals surface area contributed by atoms with E-state index >= 15 is 0 Å². The van der Waals surface area contributed by atoms with Crippen molar-refractivity contribution in [3.63, 3.8) is 0 Å². The Kier molecular flexibility index (Phi) is 3.77. The number of methoxy groups -OCH3 is 1. The molecule has 0 bridgehead atoms. The maximum Gasteiger partial charge on any atom is 0.236 e. The van der Waals surface area contributed by atoms with Crippen LogP contribution in [0.25, 0.3) is 6.08 Å². The average Bonchev–Trinajstić information content (AvgIpc) is 2.69. The van der Waals surface area contributed by atoms with Crippen molar-refractivity contribution in [3.8, 4) is 5.88 Å². The number of ether oxygens (including phenoxy) is 1. The summed E-state index contributed by atoms with van der Waals surface area (Å²) in [6, 6.07) is 5.87. The summed E-state index contributed by atoms with van der Waals surface area (Å²) < 4.78 is 7.18. The van der Waals surface area contributed by atoms with Crippen LogP contribution in [-0.4, -0.2) is 21.9 Å². The van der Waals surface area contributed by atoms with E-state index in [2.05, 4.69) is 10.1 Å². The molecule has 0 unspecified atom stereocenters. The van der Waals surface area contributed by atoms with Crippen LogP contribution >= 0.6 is 0 Å². The lowest BCUT2D eigenvalue weighted by Crippen LogP contribution is -2.05. The van der Waals surface area contributed by atoms with Gasteiger partial charge in [-0.3, -0.25) is 9.67 Å². The van der Waals surface area contributed by atoms with E-state index in [0.29, 0.717) is 12.4 Å². The molecule has 0 radical (unpaired) electrons. The van der Waals surface area contributed by atoms with Gasteiger partial charge in [-0.15, -0.1) is 5.10 Å². The van der Waals surface area contributed by atoms with Gasteiger partial charge in [0.05, 0.1) is 25.0 Å². The third-order valence-electron chi connectivity index (χ3n) is 2.75. The minimum Gasteiger partial charge on any atom is -0.480 e.